The molecule has 1 aromatic heterocycles. The molecule has 0 spiro atoms. The van der Waals surface area contributed by atoms with Crippen LogP contribution in [0.2, 0.25) is 0 Å². The van der Waals surface area contributed by atoms with Gasteiger partial charge in [0.2, 0.25) is 5.78 Å². The van der Waals surface area contributed by atoms with Gasteiger partial charge >= 0.3 is 5.97 Å². The predicted molar refractivity (Wildman–Crippen MR) is 81.5 cm³/mol. The summed E-state index contributed by atoms with van der Waals surface area (Å²) in [6.07, 6.45) is 1.35. The number of ketones is 3. The Morgan fingerprint density at radius 3 is 2.67 bits per heavy atom. The molecule has 1 aliphatic heterocycles. The molecule has 7 heteroatoms. The van der Waals surface area contributed by atoms with Crippen molar-refractivity contribution in [2.75, 3.05) is 0 Å². The lowest BCUT2D eigenvalue weighted by atomic mass is 9.89. The van der Waals surface area contributed by atoms with Crippen LogP contribution in [0.3, 0.4) is 0 Å². The Morgan fingerprint density at radius 2 is 2.04 bits per heavy atom. The van der Waals surface area contributed by atoms with Crippen LogP contribution in [-0.2, 0) is 27.5 Å². The van der Waals surface area contributed by atoms with Gasteiger partial charge in [-0.15, -0.1) is 0 Å². The Balaban J connectivity index is 2.23. The number of carbonyl (C=O) groups excluding carboxylic acids is 4. The van der Waals surface area contributed by atoms with Crippen LogP contribution in [0.1, 0.15) is 64.9 Å². The van der Waals surface area contributed by atoms with Crippen LogP contribution in [0, 0.1) is 0 Å². The van der Waals surface area contributed by atoms with Gasteiger partial charge in [-0.3, -0.25) is 19.2 Å². The summed E-state index contributed by atoms with van der Waals surface area (Å²) >= 11 is 0. The summed E-state index contributed by atoms with van der Waals surface area (Å²) in [5.74, 6) is -2.04. The van der Waals surface area contributed by atoms with Crippen LogP contribution in [-0.4, -0.2) is 33.0 Å². The zero-order valence-corrected chi connectivity index (χ0v) is 13.4. The lowest BCUT2D eigenvalue weighted by Gasteiger charge is -2.23. The molecule has 24 heavy (non-hydrogen) atoms. The fourth-order valence-corrected chi connectivity index (χ4v) is 3.36. The smallest absolute Gasteiger partial charge is 0.302 e. The summed E-state index contributed by atoms with van der Waals surface area (Å²) in [6, 6.07) is 0. The number of aliphatic hydroxyl groups is 1. The first-order valence-electron chi connectivity index (χ1n) is 7.71. The van der Waals surface area contributed by atoms with Crippen molar-refractivity contribution in [1.82, 2.24) is 4.57 Å². The zero-order valence-electron chi connectivity index (χ0n) is 13.4. The molecule has 0 amide bonds. The van der Waals surface area contributed by atoms with Crippen LogP contribution in [0.25, 0.3) is 0 Å². The molecule has 0 aromatic carbocycles. The standard InChI is InChI=1S/C17H17NO6/c1-8(19)10-6-13(22)16-14(17(10)23)11(7-24-9(2)20)15-12(21)4-3-5-18(15)16/h6,12,21H,3-5,7H2,1-2H3. The summed E-state index contributed by atoms with van der Waals surface area (Å²) in [6.45, 7) is 2.72. The Hall–Kier alpha value is -2.54. The molecule has 2 aliphatic rings. The largest absolute Gasteiger partial charge is 0.461 e. The van der Waals surface area contributed by atoms with Crippen molar-refractivity contribution in [3.63, 3.8) is 0 Å². The number of fused-ring (bicyclic) bond motifs is 3. The van der Waals surface area contributed by atoms with E-state index in [-0.39, 0.29) is 23.4 Å². The maximum atomic E-state index is 12.7. The minimum Gasteiger partial charge on any atom is -0.461 e. The van der Waals surface area contributed by atoms with Gasteiger partial charge in [0, 0.05) is 25.1 Å². The van der Waals surface area contributed by atoms with Gasteiger partial charge in [0.15, 0.2) is 11.6 Å². The van der Waals surface area contributed by atoms with Gasteiger partial charge in [0.05, 0.1) is 22.9 Å². The van der Waals surface area contributed by atoms with Gasteiger partial charge in [-0.2, -0.15) is 0 Å². The highest BCUT2D eigenvalue weighted by molar-refractivity contribution is 6.34. The van der Waals surface area contributed by atoms with Crippen LogP contribution in [0.4, 0.5) is 0 Å². The number of esters is 1. The molecule has 1 atom stereocenters. The topological polar surface area (TPSA) is 103 Å². The van der Waals surface area contributed by atoms with E-state index in [4.69, 9.17) is 4.74 Å². The summed E-state index contributed by atoms with van der Waals surface area (Å²) in [5.41, 5.74) is 0.796. The molecule has 0 saturated heterocycles. The molecule has 0 radical (unpaired) electrons. The summed E-state index contributed by atoms with van der Waals surface area (Å²) in [5, 5.41) is 10.3. The fourth-order valence-electron chi connectivity index (χ4n) is 3.36. The van der Waals surface area contributed by atoms with Crippen molar-refractivity contribution in [1.29, 1.82) is 0 Å². The number of nitrogens with zero attached hydrogens (tertiary/aromatic N) is 1. The number of allylic oxidation sites excluding steroid dienone is 2. The second-order valence-corrected chi connectivity index (χ2v) is 5.98. The highest BCUT2D eigenvalue weighted by Gasteiger charge is 2.39. The molecule has 0 saturated carbocycles. The Kier molecular flexibility index (Phi) is 3.96. The number of hydrogen-bond donors (Lipinski definition) is 1. The number of Topliss-reactive ketones (excluding diaryl/α,β-unsaturated/α-hetero) is 2. The third-order valence-electron chi connectivity index (χ3n) is 4.36. The van der Waals surface area contributed by atoms with Crippen molar-refractivity contribution in [2.45, 2.75) is 45.9 Å². The van der Waals surface area contributed by atoms with Crippen LogP contribution in [0.5, 0.6) is 0 Å². The van der Waals surface area contributed by atoms with E-state index in [1.54, 1.807) is 4.57 Å². The average molecular weight is 331 g/mol. The monoisotopic (exact) mass is 331 g/mol. The van der Waals surface area contributed by atoms with Crippen molar-refractivity contribution in [2.24, 2.45) is 0 Å². The lowest BCUT2D eigenvalue weighted by molar-refractivity contribution is -0.142. The molecule has 0 fully saturated rings. The highest BCUT2D eigenvalue weighted by atomic mass is 16.5. The van der Waals surface area contributed by atoms with Crippen molar-refractivity contribution < 1.29 is 29.0 Å². The number of hydrogen-bond acceptors (Lipinski definition) is 6. The normalized spacial score (nSPS) is 19.5. The quantitative estimate of drug-likeness (QED) is 0.661. The van der Waals surface area contributed by atoms with Crippen molar-refractivity contribution in [3.8, 4) is 0 Å². The highest BCUT2D eigenvalue weighted by Crippen LogP contribution is 2.38. The number of carbonyl (C=O) groups is 4. The first-order chi connectivity index (χ1) is 11.3. The first kappa shape index (κ1) is 16.3. The van der Waals surface area contributed by atoms with Gasteiger partial charge in [0.1, 0.15) is 12.3 Å². The minimum absolute atomic E-state index is 0.0740. The Morgan fingerprint density at radius 1 is 1.33 bits per heavy atom. The predicted octanol–water partition coefficient (Wildman–Crippen LogP) is 1.27. The maximum Gasteiger partial charge on any atom is 0.302 e. The first-order valence-corrected chi connectivity index (χ1v) is 7.71. The van der Waals surface area contributed by atoms with E-state index in [0.29, 0.717) is 30.6 Å². The van der Waals surface area contributed by atoms with E-state index in [1.165, 1.54) is 13.8 Å². The molecule has 1 unspecified atom stereocenters. The fraction of sp³-hybridized carbons (Fsp3) is 0.412. The molecule has 0 bridgehead atoms. The van der Waals surface area contributed by atoms with E-state index in [9.17, 15) is 24.3 Å². The molecule has 1 N–H and O–H groups in total. The number of aliphatic hydroxyl groups excluding tert-OH is 1. The average Bonchev–Trinajstić information content (AvgIpc) is 2.85. The number of rotatable bonds is 3. The van der Waals surface area contributed by atoms with E-state index in [0.717, 1.165) is 6.08 Å². The van der Waals surface area contributed by atoms with Gasteiger partial charge in [0.25, 0.3) is 0 Å². The molecular formula is C17H17NO6. The number of ether oxygens (including phenoxy) is 1. The van der Waals surface area contributed by atoms with E-state index >= 15 is 0 Å². The third-order valence-corrected chi connectivity index (χ3v) is 4.36. The summed E-state index contributed by atoms with van der Waals surface area (Å²) in [4.78, 5) is 48.0. The van der Waals surface area contributed by atoms with Gasteiger partial charge in [-0.1, -0.05) is 0 Å². The molecule has 3 rings (SSSR count). The summed E-state index contributed by atoms with van der Waals surface area (Å²) < 4.78 is 6.64. The van der Waals surface area contributed by atoms with Crippen molar-refractivity contribution >= 4 is 23.3 Å². The number of aromatic nitrogens is 1. The van der Waals surface area contributed by atoms with Crippen LogP contribution in [0.15, 0.2) is 11.6 Å². The van der Waals surface area contributed by atoms with Gasteiger partial charge in [-0.05, 0) is 19.8 Å². The van der Waals surface area contributed by atoms with Crippen LogP contribution >= 0.6 is 0 Å². The Labute approximate surface area is 137 Å². The van der Waals surface area contributed by atoms with Crippen molar-refractivity contribution in [3.05, 3.63) is 34.2 Å². The third kappa shape index (κ3) is 2.41. The maximum absolute atomic E-state index is 12.7. The van der Waals surface area contributed by atoms with E-state index < -0.39 is 29.4 Å². The second kappa shape index (κ2) is 5.83. The lowest BCUT2D eigenvalue weighted by Crippen LogP contribution is -2.24. The van der Waals surface area contributed by atoms with E-state index in [1.807, 2.05) is 0 Å². The zero-order chi connectivity index (χ0) is 17.6. The summed E-state index contributed by atoms with van der Waals surface area (Å²) in [7, 11) is 0. The molecule has 7 nitrogen and oxygen atoms in total. The second-order valence-electron chi connectivity index (χ2n) is 5.98. The SMILES string of the molecule is CC(=O)OCc1c2c(n3c1C(O)CCC3)C(=O)C=C(C(C)=O)C2=O. The molecule has 1 aliphatic carbocycles. The molecule has 1 aromatic rings. The minimum atomic E-state index is -0.851. The van der Waals surface area contributed by atoms with Gasteiger partial charge in [-0.25, -0.2) is 0 Å². The van der Waals surface area contributed by atoms with E-state index in [2.05, 4.69) is 0 Å². The molecule has 2 heterocycles. The molecule has 126 valence electrons. The Bertz CT molecular complexity index is 814. The van der Waals surface area contributed by atoms with Gasteiger partial charge < -0.3 is 14.4 Å². The van der Waals surface area contributed by atoms with Crippen LogP contribution < -0.4 is 0 Å². The molecular weight excluding hydrogens is 314 g/mol.